The van der Waals surface area contributed by atoms with E-state index in [0.29, 0.717) is 24.9 Å². The van der Waals surface area contributed by atoms with Gasteiger partial charge in [0, 0.05) is 25.0 Å². The maximum atomic E-state index is 5.71. The standard InChI is InChI=1S/C23H32N6O2S/c1-5-30-21-9-8-19(13-22(21)31-6-2)15-28-16-20(14-25-28)26-23(32)24-10-7-11-29-18(4)12-17(3)27-29/h8-9,12-14,16H,5-7,10-11,15H2,1-4H3,(H2,24,26,32). The maximum Gasteiger partial charge on any atom is 0.170 e. The highest BCUT2D eigenvalue weighted by atomic mass is 32.1. The number of ether oxygens (including phenoxy) is 2. The molecule has 0 aliphatic heterocycles. The molecule has 0 amide bonds. The van der Waals surface area contributed by atoms with E-state index >= 15 is 0 Å². The number of anilines is 1. The lowest BCUT2D eigenvalue weighted by molar-refractivity contribution is 0.287. The van der Waals surface area contributed by atoms with Gasteiger partial charge in [-0.05, 0) is 70.1 Å². The zero-order valence-electron chi connectivity index (χ0n) is 19.2. The lowest BCUT2D eigenvalue weighted by atomic mass is 10.2. The summed E-state index contributed by atoms with van der Waals surface area (Å²) in [7, 11) is 0. The molecule has 8 nitrogen and oxygen atoms in total. The van der Waals surface area contributed by atoms with E-state index in [1.54, 1.807) is 6.20 Å². The Hall–Kier alpha value is -3.07. The third kappa shape index (κ3) is 6.71. The molecule has 0 bridgehead atoms. The van der Waals surface area contributed by atoms with Crippen LogP contribution in [-0.4, -0.2) is 44.4 Å². The lowest BCUT2D eigenvalue weighted by Gasteiger charge is -2.12. The molecule has 3 rings (SSSR count). The third-order valence-corrected chi connectivity index (χ3v) is 5.03. The molecule has 2 aromatic heterocycles. The van der Waals surface area contributed by atoms with Crippen molar-refractivity contribution in [1.29, 1.82) is 0 Å². The zero-order valence-corrected chi connectivity index (χ0v) is 20.0. The van der Waals surface area contributed by atoms with E-state index in [1.807, 2.05) is 54.5 Å². The molecule has 0 aliphatic carbocycles. The summed E-state index contributed by atoms with van der Waals surface area (Å²) in [5.74, 6) is 1.51. The first kappa shape index (κ1) is 23.6. The second-order valence-electron chi connectivity index (χ2n) is 7.46. The predicted octanol–water partition coefficient (Wildman–Crippen LogP) is 3.92. The minimum atomic E-state index is 0.581. The van der Waals surface area contributed by atoms with Gasteiger partial charge in [-0.2, -0.15) is 10.2 Å². The van der Waals surface area contributed by atoms with E-state index in [1.165, 1.54) is 5.69 Å². The number of benzene rings is 1. The van der Waals surface area contributed by atoms with Crippen LogP contribution in [0.2, 0.25) is 0 Å². The van der Waals surface area contributed by atoms with Gasteiger partial charge in [-0.3, -0.25) is 9.36 Å². The van der Waals surface area contributed by atoms with E-state index in [2.05, 4.69) is 33.8 Å². The van der Waals surface area contributed by atoms with Crippen LogP contribution in [0.1, 0.15) is 37.2 Å². The summed E-state index contributed by atoms with van der Waals surface area (Å²) in [6, 6.07) is 8.05. The molecule has 2 heterocycles. The first-order chi connectivity index (χ1) is 15.5. The van der Waals surface area contributed by atoms with Crippen LogP contribution in [0.15, 0.2) is 36.7 Å². The summed E-state index contributed by atoms with van der Waals surface area (Å²) in [6.45, 7) is 11.4. The predicted molar refractivity (Wildman–Crippen MR) is 131 cm³/mol. The number of rotatable bonds is 11. The molecule has 0 spiro atoms. The van der Waals surface area contributed by atoms with Crippen molar-refractivity contribution in [3.8, 4) is 11.5 Å². The Balaban J connectivity index is 1.47. The van der Waals surface area contributed by atoms with Crippen molar-refractivity contribution in [3.63, 3.8) is 0 Å². The molecular weight excluding hydrogens is 424 g/mol. The Kier molecular flexibility index (Phi) is 8.49. The van der Waals surface area contributed by atoms with Crippen molar-refractivity contribution >= 4 is 23.0 Å². The van der Waals surface area contributed by atoms with E-state index in [-0.39, 0.29) is 0 Å². The van der Waals surface area contributed by atoms with Crippen LogP contribution >= 0.6 is 12.2 Å². The monoisotopic (exact) mass is 456 g/mol. The van der Waals surface area contributed by atoms with Gasteiger partial charge in [-0.1, -0.05) is 6.07 Å². The molecule has 0 saturated carbocycles. The smallest absolute Gasteiger partial charge is 0.170 e. The Morgan fingerprint density at radius 2 is 1.88 bits per heavy atom. The molecule has 32 heavy (non-hydrogen) atoms. The highest BCUT2D eigenvalue weighted by Crippen LogP contribution is 2.28. The van der Waals surface area contributed by atoms with E-state index in [0.717, 1.165) is 48.0 Å². The largest absolute Gasteiger partial charge is 0.490 e. The third-order valence-electron chi connectivity index (χ3n) is 4.78. The summed E-state index contributed by atoms with van der Waals surface area (Å²) in [5, 5.41) is 15.9. The van der Waals surface area contributed by atoms with Crippen LogP contribution < -0.4 is 20.1 Å². The Morgan fingerprint density at radius 3 is 2.59 bits per heavy atom. The molecule has 0 atom stereocenters. The van der Waals surface area contributed by atoms with Gasteiger partial charge in [0.25, 0.3) is 0 Å². The van der Waals surface area contributed by atoms with Crippen LogP contribution in [0.25, 0.3) is 0 Å². The molecule has 0 unspecified atom stereocenters. The average molecular weight is 457 g/mol. The van der Waals surface area contributed by atoms with Crippen molar-refractivity contribution in [2.24, 2.45) is 0 Å². The van der Waals surface area contributed by atoms with Gasteiger partial charge in [0.15, 0.2) is 16.6 Å². The number of thiocarbonyl (C=S) groups is 1. The topological polar surface area (TPSA) is 78.2 Å². The van der Waals surface area contributed by atoms with Crippen molar-refractivity contribution < 1.29 is 9.47 Å². The fourth-order valence-electron chi connectivity index (χ4n) is 3.40. The average Bonchev–Trinajstić information content (AvgIpc) is 3.32. The normalized spacial score (nSPS) is 10.8. The van der Waals surface area contributed by atoms with Crippen molar-refractivity contribution in [2.75, 3.05) is 25.1 Å². The highest BCUT2D eigenvalue weighted by Gasteiger charge is 2.08. The molecule has 1 aromatic carbocycles. The van der Waals surface area contributed by atoms with Gasteiger partial charge < -0.3 is 20.1 Å². The van der Waals surface area contributed by atoms with E-state index in [4.69, 9.17) is 21.7 Å². The van der Waals surface area contributed by atoms with Crippen LogP contribution in [-0.2, 0) is 13.1 Å². The van der Waals surface area contributed by atoms with Gasteiger partial charge in [0.1, 0.15) is 0 Å². The molecule has 0 aliphatic rings. The summed E-state index contributed by atoms with van der Waals surface area (Å²) >= 11 is 5.41. The summed E-state index contributed by atoms with van der Waals surface area (Å²) in [4.78, 5) is 0. The second-order valence-corrected chi connectivity index (χ2v) is 7.87. The zero-order chi connectivity index (χ0) is 22.9. The molecule has 172 valence electrons. The van der Waals surface area contributed by atoms with Gasteiger partial charge in [0.2, 0.25) is 0 Å². The van der Waals surface area contributed by atoms with Gasteiger partial charge in [-0.25, -0.2) is 0 Å². The summed E-state index contributed by atoms with van der Waals surface area (Å²) in [6.07, 6.45) is 4.63. The highest BCUT2D eigenvalue weighted by molar-refractivity contribution is 7.80. The molecular formula is C23H32N6O2S. The van der Waals surface area contributed by atoms with Gasteiger partial charge in [-0.15, -0.1) is 0 Å². The SMILES string of the molecule is CCOc1ccc(Cn2cc(NC(=S)NCCCn3nc(C)cc3C)cn2)cc1OCC. The quantitative estimate of drug-likeness (QED) is 0.334. The van der Waals surface area contributed by atoms with Crippen LogP contribution in [0.3, 0.4) is 0 Å². The van der Waals surface area contributed by atoms with Crippen LogP contribution in [0.4, 0.5) is 5.69 Å². The van der Waals surface area contributed by atoms with Crippen molar-refractivity contribution in [3.05, 3.63) is 53.6 Å². The Morgan fingerprint density at radius 1 is 1.09 bits per heavy atom. The minimum absolute atomic E-state index is 0.581. The fourth-order valence-corrected chi connectivity index (χ4v) is 3.62. The maximum absolute atomic E-state index is 5.71. The molecule has 0 saturated heterocycles. The summed E-state index contributed by atoms with van der Waals surface area (Å²) in [5.41, 5.74) is 4.15. The number of hydrogen-bond acceptors (Lipinski definition) is 5. The number of aromatic nitrogens is 4. The molecule has 0 radical (unpaired) electrons. The van der Waals surface area contributed by atoms with Crippen LogP contribution in [0.5, 0.6) is 11.5 Å². The Labute approximate surface area is 194 Å². The van der Waals surface area contributed by atoms with Crippen molar-refractivity contribution in [2.45, 2.75) is 47.2 Å². The first-order valence-electron chi connectivity index (χ1n) is 10.9. The van der Waals surface area contributed by atoms with Crippen molar-refractivity contribution in [1.82, 2.24) is 24.9 Å². The molecule has 9 heteroatoms. The molecule has 2 N–H and O–H groups in total. The second kappa shape index (κ2) is 11.5. The number of nitrogens with zero attached hydrogens (tertiary/aromatic N) is 4. The fraction of sp³-hybridized carbons (Fsp3) is 0.435. The van der Waals surface area contributed by atoms with Crippen LogP contribution in [0, 0.1) is 13.8 Å². The van der Waals surface area contributed by atoms with Gasteiger partial charge >= 0.3 is 0 Å². The number of nitrogens with one attached hydrogen (secondary N) is 2. The minimum Gasteiger partial charge on any atom is -0.490 e. The van der Waals surface area contributed by atoms with E-state index in [9.17, 15) is 0 Å². The Bertz CT molecular complexity index is 1030. The lowest BCUT2D eigenvalue weighted by Crippen LogP contribution is -2.29. The molecule has 0 fully saturated rings. The summed E-state index contributed by atoms with van der Waals surface area (Å²) < 4.78 is 15.2. The molecule has 3 aromatic rings. The van der Waals surface area contributed by atoms with E-state index < -0.39 is 0 Å². The first-order valence-corrected chi connectivity index (χ1v) is 11.4. The number of hydrogen-bond donors (Lipinski definition) is 2. The van der Waals surface area contributed by atoms with Gasteiger partial charge in [0.05, 0.1) is 37.3 Å². The number of aryl methyl sites for hydroxylation is 3.